The van der Waals surface area contributed by atoms with E-state index in [4.69, 9.17) is 5.41 Å². The van der Waals surface area contributed by atoms with Gasteiger partial charge in [0.2, 0.25) is 0 Å². The number of nitrogens with one attached hydrogen (secondary N) is 1. The Kier molecular flexibility index (Phi) is 5.07. The van der Waals surface area contributed by atoms with Crippen LogP contribution in [0.5, 0.6) is 0 Å². The molecule has 0 heterocycles. The zero-order valence-electron chi connectivity index (χ0n) is 5.67. The standard InChI is InChI=1S/C7H9N/c1-2-3-4-5-6-7-8/h2-8H,1H2/p+1/b4-3+,6-5+,8-7?. The fourth-order valence-corrected chi connectivity index (χ4v) is 0.262. The zero-order valence-corrected chi connectivity index (χ0v) is 4.67. The molecule has 0 saturated heterocycles. The third-order valence-corrected chi connectivity index (χ3v) is 0.566. The van der Waals surface area contributed by atoms with Crippen molar-refractivity contribution in [2.24, 2.45) is 0 Å². The van der Waals surface area contributed by atoms with E-state index in [9.17, 15) is 0 Å². The Morgan fingerprint density at radius 1 is 1.12 bits per heavy atom. The lowest BCUT2D eigenvalue weighted by atomic mass is 10.4. The van der Waals surface area contributed by atoms with Crippen molar-refractivity contribution >= 4 is 6.21 Å². The summed E-state index contributed by atoms with van der Waals surface area (Å²) in [6, 6.07) is 0. The molecule has 0 unspecified atom stereocenters. The molecule has 0 aliphatic rings. The summed E-state index contributed by atoms with van der Waals surface area (Å²) in [7, 11) is 0. The van der Waals surface area contributed by atoms with Gasteiger partial charge in [0.1, 0.15) is 0 Å². The Morgan fingerprint density at radius 2 is 1.75 bits per heavy atom. The number of hydrogen-bond acceptors (Lipinski definition) is 1. The van der Waals surface area contributed by atoms with Crippen molar-refractivity contribution in [3.8, 4) is 0 Å². The molecule has 0 radical (unpaired) electrons. The van der Waals surface area contributed by atoms with Crippen molar-refractivity contribution in [3.05, 3.63) is 37.0 Å². The number of hydrogen-bond donors (Lipinski definition) is 1. The second kappa shape index (κ2) is 5.89. The van der Waals surface area contributed by atoms with Crippen LogP contribution in [0.3, 0.4) is 0 Å². The maximum atomic E-state index is 6.57. The predicted molar refractivity (Wildman–Crippen MR) is 38.4 cm³/mol. The average Bonchev–Trinajstić information content (AvgIpc) is 1.81. The molecule has 0 aliphatic carbocycles. The van der Waals surface area contributed by atoms with E-state index in [0.29, 0.717) is 0 Å². The summed E-state index contributed by atoms with van der Waals surface area (Å²) >= 11 is 0. The maximum absolute atomic E-state index is 6.57. The minimum absolute atomic E-state index is 0. The average molecular weight is 108 g/mol. The Morgan fingerprint density at radius 3 is 2.25 bits per heavy atom. The fourth-order valence-electron chi connectivity index (χ4n) is 0.262. The summed E-state index contributed by atoms with van der Waals surface area (Å²) in [6.45, 7) is 3.48. The lowest BCUT2D eigenvalue weighted by molar-refractivity contribution is 1.58. The van der Waals surface area contributed by atoms with E-state index in [1.54, 1.807) is 24.3 Å². The Labute approximate surface area is 51.0 Å². The molecule has 42 valence electrons. The van der Waals surface area contributed by atoms with Crippen molar-refractivity contribution in [3.63, 3.8) is 0 Å². The SMILES string of the molecule is C=C/C=C/C=C/C=N.[H+]. The molecule has 1 heteroatoms. The van der Waals surface area contributed by atoms with Crippen LogP contribution in [-0.4, -0.2) is 6.21 Å². The van der Waals surface area contributed by atoms with E-state index in [0.717, 1.165) is 0 Å². The number of rotatable bonds is 3. The van der Waals surface area contributed by atoms with Gasteiger partial charge in [0.15, 0.2) is 0 Å². The smallest absolute Gasteiger partial charge is 0.309 e. The van der Waals surface area contributed by atoms with Gasteiger partial charge in [-0.1, -0.05) is 30.9 Å². The van der Waals surface area contributed by atoms with Crippen molar-refractivity contribution in [2.45, 2.75) is 0 Å². The highest BCUT2D eigenvalue weighted by atomic mass is 14.3. The van der Waals surface area contributed by atoms with Crippen LogP contribution in [0.1, 0.15) is 1.43 Å². The third kappa shape index (κ3) is 4.89. The van der Waals surface area contributed by atoms with Gasteiger partial charge in [-0.15, -0.1) is 0 Å². The minimum Gasteiger partial charge on any atom is -0.309 e. The quantitative estimate of drug-likeness (QED) is 0.422. The Balaban J connectivity index is 0. The molecule has 1 N–H and O–H groups in total. The van der Waals surface area contributed by atoms with Gasteiger partial charge in [0, 0.05) is 6.21 Å². The fraction of sp³-hybridized carbons (Fsp3) is 0. The predicted octanol–water partition coefficient (Wildman–Crippen LogP) is 2.05. The second-order valence-electron chi connectivity index (χ2n) is 1.17. The monoisotopic (exact) mass is 108 g/mol. The second-order valence-corrected chi connectivity index (χ2v) is 1.17. The molecule has 0 saturated carbocycles. The molecule has 0 bridgehead atoms. The summed E-state index contributed by atoms with van der Waals surface area (Å²) in [6.07, 6.45) is 9.95. The van der Waals surface area contributed by atoms with Gasteiger partial charge in [-0.2, -0.15) is 0 Å². The summed E-state index contributed by atoms with van der Waals surface area (Å²) in [4.78, 5) is 0. The zero-order chi connectivity index (χ0) is 6.24. The first kappa shape index (κ1) is 6.89. The highest BCUT2D eigenvalue weighted by molar-refractivity contribution is 5.68. The molecule has 0 aromatic rings. The van der Waals surface area contributed by atoms with E-state index in [1.807, 2.05) is 6.08 Å². The molecule has 0 spiro atoms. The van der Waals surface area contributed by atoms with Crippen molar-refractivity contribution in [1.29, 1.82) is 5.41 Å². The molecule has 1 nitrogen and oxygen atoms in total. The van der Waals surface area contributed by atoms with Crippen LogP contribution < -0.4 is 0 Å². The van der Waals surface area contributed by atoms with Crippen LogP contribution in [0.15, 0.2) is 37.0 Å². The molecular weight excluding hydrogens is 98.1 g/mol. The molecule has 0 fully saturated rings. The van der Waals surface area contributed by atoms with Gasteiger partial charge in [-0.3, -0.25) is 0 Å². The molecule has 0 rings (SSSR count). The molecule has 8 heavy (non-hydrogen) atoms. The largest absolute Gasteiger partial charge is 1.00 e. The van der Waals surface area contributed by atoms with Gasteiger partial charge in [0.25, 0.3) is 0 Å². The molecule has 0 aromatic heterocycles. The molecule has 0 aliphatic heterocycles. The maximum Gasteiger partial charge on any atom is 1.00 e. The first-order chi connectivity index (χ1) is 3.91. The van der Waals surface area contributed by atoms with Crippen LogP contribution in [0.25, 0.3) is 0 Å². The van der Waals surface area contributed by atoms with Crippen molar-refractivity contribution < 1.29 is 1.43 Å². The van der Waals surface area contributed by atoms with Gasteiger partial charge in [-0.25, -0.2) is 0 Å². The normalized spacial score (nSPS) is 10.5. The lowest BCUT2D eigenvalue weighted by Crippen LogP contribution is -1.52. The van der Waals surface area contributed by atoms with Crippen LogP contribution in [0.4, 0.5) is 0 Å². The number of allylic oxidation sites excluding steroid dienone is 5. The van der Waals surface area contributed by atoms with E-state index in [-0.39, 0.29) is 1.43 Å². The highest BCUT2D eigenvalue weighted by Gasteiger charge is 1.55. The van der Waals surface area contributed by atoms with Crippen molar-refractivity contribution in [1.82, 2.24) is 0 Å². The van der Waals surface area contributed by atoms with Gasteiger partial charge in [-0.05, 0) is 6.08 Å². The summed E-state index contributed by atoms with van der Waals surface area (Å²) in [5.74, 6) is 0. The van der Waals surface area contributed by atoms with Crippen molar-refractivity contribution in [2.75, 3.05) is 0 Å². The summed E-state index contributed by atoms with van der Waals surface area (Å²) in [5.41, 5.74) is 0. The molecule has 0 amide bonds. The molecule has 0 atom stereocenters. The van der Waals surface area contributed by atoms with Gasteiger partial charge in [0.05, 0.1) is 0 Å². The molecule has 0 aromatic carbocycles. The summed E-state index contributed by atoms with van der Waals surface area (Å²) in [5, 5.41) is 6.57. The van der Waals surface area contributed by atoms with Crippen LogP contribution in [-0.2, 0) is 0 Å². The van der Waals surface area contributed by atoms with E-state index >= 15 is 0 Å². The van der Waals surface area contributed by atoms with E-state index in [1.165, 1.54) is 6.21 Å². The van der Waals surface area contributed by atoms with E-state index in [2.05, 4.69) is 6.58 Å². The lowest BCUT2D eigenvalue weighted by Gasteiger charge is -1.66. The third-order valence-electron chi connectivity index (χ3n) is 0.566. The van der Waals surface area contributed by atoms with Crippen LogP contribution >= 0.6 is 0 Å². The summed E-state index contributed by atoms with van der Waals surface area (Å²) < 4.78 is 0. The Bertz CT molecular complexity index is 109. The van der Waals surface area contributed by atoms with Gasteiger partial charge >= 0.3 is 1.43 Å². The Hall–Kier alpha value is -1.11. The van der Waals surface area contributed by atoms with Crippen LogP contribution in [0, 0.1) is 5.41 Å². The molecular formula is C7H10N+. The van der Waals surface area contributed by atoms with E-state index < -0.39 is 0 Å². The first-order valence-electron chi connectivity index (χ1n) is 2.36. The first-order valence-corrected chi connectivity index (χ1v) is 2.36. The highest BCUT2D eigenvalue weighted by Crippen LogP contribution is 1.73. The van der Waals surface area contributed by atoms with Crippen LogP contribution in [0.2, 0.25) is 0 Å². The van der Waals surface area contributed by atoms with Gasteiger partial charge < -0.3 is 5.41 Å². The topological polar surface area (TPSA) is 23.9 Å². The minimum atomic E-state index is 0.